The standard InChI is InChI=1S/C12H14N2O4S/c1-2-3-8-17-11-6-4-10(5-7-11)12(9-13)14-18-19(15)16/h4-7H,2-3,8H2,1H3,(H,15,16)/p-1/b14-12+. The Hall–Kier alpha value is -1.91. The largest absolute Gasteiger partial charge is 0.738 e. The molecule has 19 heavy (non-hydrogen) atoms. The summed E-state index contributed by atoms with van der Waals surface area (Å²) in [6, 6.07) is 8.35. The molecule has 0 aliphatic heterocycles. The minimum atomic E-state index is -2.78. The van der Waals surface area contributed by atoms with Gasteiger partial charge in [0.05, 0.1) is 6.61 Å². The number of benzene rings is 1. The van der Waals surface area contributed by atoms with Gasteiger partial charge in [-0.25, -0.2) is 4.21 Å². The monoisotopic (exact) mass is 281 g/mol. The van der Waals surface area contributed by atoms with E-state index in [1.165, 1.54) is 0 Å². The van der Waals surface area contributed by atoms with E-state index in [4.69, 9.17) is 10.00 Å². The lowest BCUT2D eigenvalue weighted by Crippen LogP contribution is -2.01. The number of unbranched alkanes of at least 4 members (excludes halogenated alkanes) is 1. The lowest BCUT2D eigenvalue weighted by molar-refractivity contribution is 0.309. The van der Waals surface area contributed by atoms with Crippen molar-refractivity contribution in [3.8, 4) is 11.8 Å². The molecule has 1 aromatic rings. The Morgan fingerprint density at radius 2 is 2.16 bits per heavy atom. The van der Waals surface area contributed by atoms with Crippen molar-refractivity contribution >= 4 is 17.1 Å². The summed E-state index contributed by atoms with van der Waals surface area (Å²) in [6.45, 7) is 2.70. The number of nitriles is 1. The zero-order chi connectivity index (χ0) is 14.1. The molecule has 0 N–H and O–H groups in total. The summed E-state index contributed by atoms with van der Waals surface area (Å²) in [5, 5.41) is 12.1. The van der Waals surface area contributed by atoms with Crippen molar-refractivity contribution < 1.29 is 17.8 Å². The molecule has 0 fully saturated rings. The molecule has 0 aliphatic carbocycles. The molecule has 0 spiro atoms. The van der Waals surface area contributed by atoms with Crippen molar-refractivity contribution in [2.45, 2.75) is 19.8 Å². The van der Waals surface area contributed by atoms with Crippen molar-refractivity contribution in [3.63, 3.8) is 0 Å². The van der Waals surface area contributed by atoms with E-state index >= 15 is 0 Å². The highest BCUT2D eigenvalue weighted by Gasteiger charge is 2.04. The maximum absolute atomic E-state index is 10.2. The van der Waals surface area contributed by atoms with Gasteiger partial charge < -0.3 is 13.6 Å². The first-order valence-electron chi connectivity index (χ1n) is 5.65. The van der Waals surface area contributed by atoms with Crippen LogP contribution in [0.2, 0.25) is 0 Å². The number of oxime groups is 1. The van der Waals surface area contributed by atoms with Gasteiger partial charge in [-0.3, -0.25) is 0 Å². The Morgan fingerprint density at radius 1 is 1.47 bits per heavy atom. The minimum absolute atomic E-state index is 0.121. The van der Waals surface area contributed by atoms with Crippen LogP contribution in [0.25, 0.3) is 0 Å². The highest BCUT2D eigenvalue weighted by atomic mass is 32.2. The van der Waals surface area contributed by atoms with E-state index in [-0.39, 0.29) is 5.71 Å². The normalized spacial score (nSPS) is 12.6. The van der Waals surface area contributed by atoms with Gasteiger partial charge in [0.1, 0.15) is 11.8 Å². The molecule has 0 heterocycles. The minimum Gasteiger partial charge on any atom is -0.738 e. The smallest absolute Gasteiger partial charge is 0.188 e. The Bertz CT molecular complexity index is 493. The quantitative estimate of drug-likeness (QED) is 0.329. The summed E-state index contributed by atoms with van der Waals surface area (Å²) in [5.41, 5.74) is 0.333. The predicted octanol–water partition coefficient (Wildman–Crippen LogP) is 1.90. The average molecular weight is 281 g/mol. The van der Waals surface area contributed by atoms with Crippen LogP contribution < -0.4 is 4.74 Å². The fourth-order valence-corrected chi connectivity index (χ4v) is 1.38. The van der Waals surface area contributed by atoms with Crippen LogP contribution >= 0.6 is 0 Å². The molecule has 1 atom stereocenters. The van der Waals surface area contributed by atoms with Gasteiger partial charge in [-0.1, -0.05) is 18.5 Å². The Balaban J connectivity index is 2.71. The lowest BCUT2D eigenvalue weighted by atomic mass is 10.1. The van der Waals surface area contributed by atoms with E-state index in [0.717, 1.165) is 12.8 Å². The van der Waals surface area contributed by atoms with Crippen LogP contribution in [0.4, 0.5) is 0 Å². The first-order chi connectivity index (χ1) is 9.17. The van der Waals surface area contributed by atoms with Gasteiger partial charge in [0.2, 0.25) is 0 Å². The molecule has 0 aliphatic rings. The number of rotatable bonds is 7. The van der Waals surface area contributed by atoms with Crippen molar-refractivity contribution in [1.82, 2.24) is 0 Å². The number of nitrogens with zero attached hydrogens (tertiary/aromatic N) is 2. The molecule has 0 bridgehead atoms. The summed E-state index contributed by atoms with van der Waals surface area (Å²) in [7, 11) is 0. The average Bonchev–Trinajstić information content (AvgIpc) is 2.41. The van der Waals surface area contributed by atoms with E-state index in [9.17, 15) is 8.76 Å². The van der Waals surface area contributed by atoms with Gasteiger partial charge in [-0.2, -0.15) is 5.26 Å². The molecule has 1 unspecified atom stereocenters. The van der Waals surface area contributed by atoms with Gasteiger partial charge in [0.15, 0.2) is 17.1 Å². The van der Waals surface area contributed by atoms with E-state index in [0.29, 0.717) is 17.9 Å². The van der Waals surface area contributed by atoms with E-state index in [1.54, 1.807) is 30.3 Å². The third-order valence-corrected chi connectivity index (χ3v) is 2.39. The van der Waals surface area contributed by atoms with Crippen LogP contribution in [0.15, 0.2) is 29.4 Å². The predicted molar refractivity (Wildman–Crippen MR) is 69.0 cm³/mol. The third kappa shape index (κ3) is 5.50. The first kappa shape index (κ1) is 15.1. The molecule has 7 heteroatoms. The Morgan fingerprint density at radius 3 is 2.68 bits per heavy atom. The third-order valence-electron chi connectivity index (χ3n) is 2.19. The molecule has 0 saturated heterocycles. The van der Waals surface area contributed by atoms with Crippen molar-refractivity contribution in [1.29, 1.82) is 5.26 Å². The van der Waals surface area contributed by atoms with E-state index in [1.807, 2.05) is 0 Å². The molecule has 0 amide bonds. The van der Waals surface area contributed by atoms with Crippen LogP contribution in [0.3, 0.4) is 0 Å². The topological polar surface area (TPSA) is 94.7 Å². The zero-order valence-corrected chi connectivity index (χ0v) is 11.2. The van der Waals surface area contributed by atoms with E-state index < -0.39 is 11.4 Å². The highest BCUT2D eigenvalue weighted by Crippen LogP contribution is 2.13. The highest BCUT2D eigenvalue weighted by molar-refractivity contribution is 7.74. The summed E-state index contributed by atoms with van der Waals surface area (Å²) in [4.78, 5) is 0. The first-order valence-corrected chi connectivity index (χ1v) is 6.65. The fourth-order valence-electron chi connectivity index (χ4n) is 1.25. The summed E-state index contributed by atoms with van der Waals surface area (Å²) in [6.07, 6.45) is 2.02. The van der Waals surface area contributed by atoms with E-state index in [2.05, 4.69) is 16.4 Å². The Kier molecular flexibility index (Phi) is 6.57. The molecule has 1 rings (SSSR count). The van der Waals surface area contributed by atoms with Crippen LogP contribution in [0.5, 0.6) is 5.75 Å². The molecule has 0 aromatic heterocycles. The number of ether oxygens (including phenoxy) is 1. The van der Waals surface area contributed by atoms with Gasteiger partial charge in [0, 0.05) is 5.56 Å². The van der Waals surface area contributed by atoms with Crippen LogP contribution in [-0.4, -0.2) is 21.1 Å². The second-order valence-electron chi connectivity index (χ2n) is 3.56. The lowest BCUT2D eigenvalue weighted by Gasteiger charge is -2.06. The zero-order valence-electron chi connectivity index (χ0n) is 10.4. The molecular formula is C12H13N2O4S-. The van der Waals surface area contributed by atoms with Crippen LogP contribution in [0, 0.1) is 11.3 Å². The number of hydrogen-bond acceptors (Lipinski definition) is 6. The van der Waals surface area contributed by atoms with Crippen LogP contribution in [-0.2, 0) is 15.6 Å². The molecule has 1 aromatic carbocycles. The van der Waals surface area contributed by atoms with Crippen molar-refractivity contribution in [3.05, 3.63) is 29.8 Å². The maximum Gasteiger partial charge on any atom is 0.188 e. The van der Waals surface area contributed by atoms with Gasteiger partial charge >= 0.3 is 0 Å². The molecule has 6 nitrogen and oxygen atoms in total. The molecule has 102 valence electrons. The Labute approximate surface area is 114 Å². The second-order valence-corrected chi connectivity index (χ2v) is 4.11. The second kappa shape index (κ2) is 8.24. The molecule has 0 radical (unpaired) electrons. The van der Waals surface area contributed by atoms with Gasteiger partial charge in [-0.15, -0.1) is 0 Å². The maximum atomic E-state index is 10.2. The summed E-state index contributed by atoms with van der Waals surface area (Å²) < 4.78 is 29.9. The van der Waals surface area contributed by atoms with Gasteiger partial charge in [-0.05, 0) is 30.7 Å². The number of hydrogen-bond donors (Lipinski definition) is 0. The summed E-state index contributed by atoms with van der Waals surface area (Å²) in [5.74, 6) is 0.683. The van der Waals surface area contributed by atoms with Crippen molar-refractivity contribution in [2.75, 3.05) is 6.61 Å². The molecule has 0 saturated carbocycles. The SMILES string of the molecule is CCCCOc1ccc(/C(C#N)=N/OS(=O)[O-])cc1. The fraction of sp³-hybridized carbons (Fsp3) is 0.333. The van der Waals surface area contributed by atoms with Crippen molar-refractivity contribution in [2.24, 2.45) is 5.16 Å². The van der Waals surface area contributed by atoms with Crippen LogP contribution in [0.1, 0.15) is 25.3 Å². The summed E-state index contributed by atoms with van der Waals surface area (Å²) >= 11 is -2.78. The molecular weight excluding hydrogens is 268 g/mol. The van der Waals surface area contributed by atoms with Gasteiger partial charge in [0.25, 0.3) is 0 Å².